The Hall–Kier alpha value is -0.0400. The van der Waals surface area contributed by atoms with Crippen molar-refractivity contribution in [2.24, 2.45) is 5.92 Å². The molecule has 1 atom stereocenters. The molecule has 1 aliphatic rings. The lowest BCUT2D eigenvalue weighted by Crippen LogP contribution is -2.36. The van der Waals surface area contributed by atoms with Crippen LogP contribution >= 0.6 is 0 Å². The lowest BCUT2D eigenvalue weighted by Gasteiger charge is -2.27. The second kappa shape index (κ2) is 9.94. The predicted molar refractivity (Wildman–Crippen MR) is 77.4 cm³/mol. The van der Waals surface area contributed by atoms with Gasteiger partial charge in [0.15, 0.2) is 0 Å². The second-order valence-electron chi connectivity index (χ2n) is 5.77. The van der Waals surface area contributed by atoms with Gasteiger partial charge < -0.3 is 5.32 Å². The molecular weight excluding hydrogens is 206 g/mol. The van der Waals surface area contributed by atoms with E-state index in [1.165, 1.54) is 70.6 Å². The maximum Gasteiger partial charge on any atom is 0.00952 e. The molecule has 1 aliphatic carbocycles. The SMILES string of the molecule is CCCCCCC(NCC)C1CCCCCC1. The predicted octanol–water partition coefficient (Wildman–Crippen LogP) is 4.91. The zero-order valence-electron chi connectivity index (χ0n) is 12.1. The molecular formula is C16H33N. The van der Waals surface area contributed by atoms with Crippen molar-refractivity contribution in [3.63, 3.8) is 0 Å². The maximum atomic E-state index is 3.76. The van der Waals surface area contributed by atoms with Gasteiger partial charge in [-0.3, -0.25) is 0 Å². The van der Waals surface area contributed by atoms with Crippen molar-refractivity contribution in [1.29, 1.82) is 0 Å². The zero-order chi connectivity index (χ0) is 12.3. The minimum atomic E-state index is 0.815. The Balaban J connectivity index is 2.28. The first-order valence-corrected chi connectivity index (χ1v) is 8.11. The van der Waals surface area contributed by atoms with Crippen LogP contribution in [0.1, 0.15) is 84.5 Å². The van der Waals surface area contributed by atoms with E-state index in [1.807, 2.05) is 0 Å². The van der Waals surface area contributed by atoms with Crippen molar-refractivity contribution in [3.8, 4) is 0 Å². The fraction of sp³-hybridized carbons (Fsp3) is 1.00. The Labute approximate surface area is 109 Å². The van der Waals surface area contributed by atoms with Crippen LogP contribution in [-0.4, -0.2) is 12.6 Å². The summed E-state index contributed by atoms with van der Waals surface area (Å²) in [5.74, 6) is 0.971. The van der Waals surface area contributed by atoms with Gasteiger partial charge in [0.1, 0.15) is 0 Å². The van der Waals surface area contributed by atoms with Gasteiger partial charge in [-0.15, -0.1) is 0 Å². The topological polar surface area (TPSA) is 12.0 Å². The van der Waals surface area contributed by atoms with E-state index in [0.29, 0.717) is 0 Å². The van der Waals surface area contributed by atoms with E-state index in [1.54, 1.807) is 0 Å². The molecule has 0 radical (unpaired) electrons. The molecule has 1 N–H and O–H groups in total. The molecule has 0 bridgehead atoms. The van der Waals surface area contributed by atoms with Crippen molar-refractivity contribution < 1.29 is 0 Å². The number of hydrogen-bond donors (Lipinski definition) is 1. The second-order valence-corrected chi connectivity index (χ2v) is 5.77. The van der Waals surface area contributed by atoms with Crippen LogP contribution in [0.5, 0.6) is 0 Å². The van der Waals surface area contributed by atoms with Crippen molar-refractivity contribution in [2.75, 3.05) is 6.54 Å². The van der Waals surface area contributed by atoms with Gasteiger partial charge in [0, 0.05) is 6.04 Å². The van der Waals surface area contributed by atoms with E-state index >= 15 is 0 Å². The fourth-order valence-corrected chi connectivity index (χ4v) is 3.27. The van der Waals surface area contributed by atoms with Gasteiger partial charge in [-0.1, -0.05) is 65.2 Å². The molecule has 1 unspecified atom stereocenters. The highest BCUT2D eigenvalue weighted by Gasteiger charge is 2.21. The molecule has 1 fully saturated rings. The smallest absolute Gasteiger partial charge is 0.00952 e. The van der Waals surface area contributed by atoms with Gasteiger partial charge in [-0.05, 0) is 31.7 Å². The number of rotatable bonds is 8. The first kappa shape index (κ1) is 15.0. The summed E-state index contributed by atoms with van der Waals surface area (Å²) in [6.07, 6.45) is 15.9. The standard InChI is InChI=1S/C16H33N/c1-3-5-6-11-14-16(17-4-2)15-12-9-7-8-10-13-15/h15-17H,3-14H2,1-2H3. The van der Waals surface area contributed by atoms with Gasteiger partial charge in [-0.2, -0.15) is 0 Å². The minimum absolute atomic E-state index is 0.815. The van der Waals surface area contributed by atoms with Gasteiger partial charge in [-0.25, -0.2) is 0 Å². The Morgan fingerprint density at radius 1 is 0.941 bits per heavy atom. The fourth-order valence-electron chi connectivity index (χ4n) is 3.27. The molecule has 17 heavy (non-hydrogen) atoms. The third-order valence-corrected chi connectivity index (χ3v) is 4.30. The molecule has 1 rings (SSSR count). The van der Waals surface area contributed by atoms with Gasteiger partial charge in [0.05, 0.1) is 0 Å². The van der Waals surface area contributed by atoms with Crippen LogP contribution in [0.4, 0.5) is 0 Å². The normalized spacial score (nSPS) is 20.1. The summed E-state index contributed by atoms with van der Waals surface area (Å²) in [6.45, 7) is 5.71. The summed E-state index contributed by atoms with van der Waals surface area (Å²) in [6, 6.07) is 0.815. The maximum absolute atomic E-state index is 3.76. The largest absolute Gasteiger partial charge is 0.314 e. The molecule has 0 amide bonds. The van der Waals surface area contributed by atoms with E-state index in [0.717, 1.165) is 18.5 Å². The van der Waals surface area contributed by atoms with Crippen LogP contribution in [0.3, 0.4) is 0 Å². The summed E-state index contributed by atoms with van der Waals surface area (Å²) >= 11 is 0. The summed E-state index contributed by atoms with van der Waals surface area (Å²) in [7, 11) is 0. The Morgan fingerprint density at radius 3 is 2.24 bits per heavy atom. The number of unbranched alkanes of at least 4 members (excludes halogenated alkanes) is 3. The quantitative estimate of drug-likeness (QED) is 0.469. The highest BCUT2D eigenvalue weighted by molar-refractivity contribution is 4.78. The average molecular weight is 239 g/mol. The van der Waals surface area contributed by atoms with Crippen LogP contribution in [0, 0.1) is 5.92 Å². The van der Waals surface area contributed by atoms with Crippen LogP contribution in [0.15, 0.2) is 0 Å². The number of nitrogens with one attached hydrogen (secondary N) is 1. The molecule has 0 heterocycles. The van der Waals surface area contributed by atoms with Crippen molar-refractivity contribution in [3.05, 3.63) is 0 Å². The van der Waals surface area contributed by atoms with E-state index in [-0.39, 0.29) is 0 Å². The molecule has 0 spiro atoms. The summed E-state index contributed by atoms with van der Waals surface area (Å²) in [5, 5.41) is 3.76. The monoisotopic (exact) mass is 239 g/mol. The van der Waals surface area contributed by atoms with Crippen molar-refractivity contribution >= 4 is 0 Å². The van der Waals surface area contributed by atoms with E-state index in [9.17, 15) is 0 Å². The van der Waals surface area contributed by atoms with Gasteiger partial charge in [0.25, 0.3) is 0 Å². The van der Waals surface area contributed by atoms with E-state index < -0.39 is 0 Å². The molecule has 0 aliphatic heterocycles. The highest BCUT2D eigenvalue weighted by Crippen LogP contribution is 2.27. The molecule has 1 nitrogen and oxygen atoms in total. The van der Waals surface area contributed by atoms with Crippen LogP contribution < -0.4 is 5.32 Å². The van der Waals surface area contributed by atoms with Crippen LogP contribution in [0.2, 0.25) is 0 Å². The number of hydrogen-bond acceptors (Lipinski definition) is 1. The third-order valence-electron chi connectivity index (χ3n) is 4.30. The third kappa shape index (κ3) is 6.45. The summed E-state index contributed by atoms with van der Waals surface area (Å²) in [5.41, 5.74) is 0. The molecule has 102 valence electrons. The lowest BCUT2D eigenvalue weighted by molar-refractivity contribution is 0.301. The van der Waals surface area contributed by atoms with Gasteiger partial charge >= 0.3 is 0 Å². The summed E-state index contributed by atoms with van der Waals surface area (Å²) in [4.78, 5) is 0. The van der Waals surface area contributed by atoms with E-state index in [4.69, 9.17) is 0 Å². The zero-order valence-corrected chi connectivity index (χ0v) is 12.1. The van der Waals surface area contributed by atoms with Crippen molar-refractivity contribution in [2.45, 2.75) is 90.5 Å². The molecule has 0 aromatic rings. The minimum Gasteiger partial charge on any atom is -0.314 e. The average Bonchev–Trinajstić information content (AvgIpc) is 2.62. The molecule has 1 saturated carbocycles. The molecule has 0 aromatic heterocycles. The van der Waals surface area contributed by atoms with Crippen LogP contribution in [0.25, 0.3) is 0 Å². The Kier molecular flexibility index (Phi) is 8.78. The lowest BCUT2D eigenvalue weighted by atomic mass is 9.88. The summed E-state index contributed by atoms with van der Waals surface area (Å²) < 4.78 is 0. The van der Waals surface area contributed by atoms with E-state index in [2.05, 4.69) is 19.2 Å². The molecule has 0 aromatic carbocycles. The van der Waals surface area contributed by atoms with Crippen molar-refractivity contribution in [1.82, 2.24) is 5.32 Å². The highest BCUT2D eigenvalue weighted by atomic mass is 14.9. The first-order chi connectivity index (χ1) is 8.38. The Morgan fingerprint density at radius 2 is 1.65 bits per heavy atom. The van der Waals surface area contributed by atoms with Crippen LogP contribution in [-0.2, 0) is 0 Å². The van der Waals surface area contributed by atoms with Gasteiger partial charge in [0.2, 0.25) is 0 Å². The Bertz CT molecular complexity index is 159. The molecule has 1 heteroatoms. The molecule has 0 saturated heterocycles. The first-order valence-electron chi connectivity index (χ1n) is 8.11.